The first-order chi connectivity index (χ1) is 14.6. The van der Waals surface area contributed by atoms with Gasteiger partial charge in [0.2, 0.25) is 11.9 Å². The molecule has 0 spiro atoms. The van der Waals surface area contributed by atoms with Crippen LogP contribution in [-0.4, -0.2) is 38.4 Å². The predicted molar refractivity (Wildman–Crippen MR) is 117 cm³/mol. The van der Waals surface area contributed by atoms with E-state index in [1.807, 2.05) is 18.5 Å². The van der Waals surface area contributed by atoms with Crippen molar-refractivity contribution in [2.24, 2.45) is 11.7 Å². The van der Waals surface area contributed by atoms with Crippen molar-refractivity contribution in [2.45, 2.75) is 38.1 Å². The van der Waals surface area contributed by atoms with Crippen LogP contribution in [0.15, 0.2) is 30.9 Å². The number of terminal acetylenes is 1. The van der Waals surface area contributed by atoms with Gasteiger partial charge in [-0.05, 0) is 43.7 Å². The lowest BCUT2D eigenvalue weighted by molar-refractivity contribution is -0.122. The molecular formula is C22H25N7O. The summed E-state index contributed by atoms with van der Waals surface area (Å²) in [6, 6.07) is 2.23. The maximum absolute atomic E-state index is 11.4. The largest absolute Gasteiger partial charge is 0.369 e. The summed E-state index contributed by atoms with van der Waals surface area (Å²) in [5.74, 6) is 3.58. The van der Waals surface area contributed by atoms with Crippen LogP contribution in [0.1, 0.15) is 36.8 Å². The van der Waals surface area contributed by atoms with Crippen LogP contribution in [0.25, 0.3) is 10.9 Å². The number of rotatable bonds is 7. The molecule has 8 nitrogen and oxygen atoms in total. The third-order valence-electron chi connectivity index (χ3n) is 5.66. The Balaban J connectivity index is 1.38. The van der Waals surface area contributed by atoms with Crippen LogP contribution >= 0.6 is 0 Å². The summed E-state index contributed by atoms with van der Waals surface area (Å²) in [5.41, 5.74) is 8.29. The molecular weight excluding hydrogens is 378 g/mol. The Kier molecular flexibility index (Phi) is 5.80. The Morgan fingerprint density at radius 1 is 1.30 bits per heavy atom. The van der Waals surface area contributed by atoms with Crippen LogP contribution in [0.3, 0.4) is 0 Å². The molecule has 0 bridgehead atoms. The molecule has 1 amide bonds. The summed E-state index contributed by atoms with van der Waals surface area (Å²) in [6.45, 7) is 0.688. The molecule has 1 aliphatic rings. The number of H-pyrrole nitrogens is 1. The van der Waals surface area contributed by atoms with Crippen molar-refractivity contribution < 1.29 is 4.79 Å². The Hall–Kier alpha value is -3.60. The third kappa shape index (κ3) is 4.35. The molecule has 0 atom stereocenters. The number of amides is 1. The molecule has 0 saturated heterocycles. The minimum Gasteiger partial charge on any atom is -0.369 e. The zero-order valence-corrected chi connectivity index (χ0v) is 16.7. The highest BCUT2D eigenvalue weighted by molar-refractivity contribution is 5.82. The number of nitrogens with zero attached hydrogens (tertiary/aromatic N) is 3. The van der Waals surface area contributed by atoms with E-state index in [0.29, 0.717) is 23.9 Å². The first-order valence-electron chi connectivity index (χ1n) is 10.2. The van der Waals surface area contributed by atoms with E-state index in [-0.39, 0.29) is 17.9 Å². The van der Waals surface area contributed by atoms with Crippen LogP contribution in [0.2, 0.25) is 0 Å². The molecule has 3 aromatic rings. The molecule has 1 aliphatic carbocycles. The second-order valence-corrected chi connectivity index (χ2v) is 7.61. The number of pyridine rings is 1. The highest BCUT2D eigenvalue weighted by atomic mass is 16.1. The fourth-order valence-corrected chi connectivity index (χ4v) is 3.95. The fraction of sp³-hybridized carbons (Fsp3) is 0.364. The smallest absolute Gasteiger partial charge is 0.224 e. The number of fused-ring (bicyclic) bond motifs is 1. The molecule has 0 aliphatic heterocycles. The van der Waals surface area contributed by atoms with Crippen molar-refractivity contribution in [3.05, 3.63) is 42.0 Å². The monoisotopic (exact) mass is 403 g/mol. The zero-order chi connectivity index (χ0) is 20.9. The Morgan fingerprint density at radius 3 is 2.90 bits per heavy atom. The lowest BCUT2D eigenvalue weighted by Crippen LogP contribution is -2.32. The van der Waals surface area contributed by atoms with E-state index in [2.05, 4.69) is 36.5 Å². The summed E-state index contributed by atoms with van der Waals surface area (Å²) in [5, 5.41) is 7.88. The molecule has 154 valence electrons. The Bertz CT molecular complexity index is 1080. The summed E-state index contributed by atoms with van der Waals surface area (Å²) >= 11 is 0. The molecule has 30 heavy (non-hydrogen) atoms. The van der Waals surface area contributed by atoms with Crippen molar-refractivity contribution in [2.75, 3.05) is 17.2 Å². The molecule has 0 radical (unpaired) electrons. The van der Waals surface area contributed by atoms with Gasteiger partial charge in [0, 0.05) is 36.3 Å². The highest BCUT2D eigenvalue weighted by Gasteiger charge is 2.25. The summed E-state index contributed by atoms with van der Waals surface area (Å²) in [6.07, 6.45) is 17.0. The van der Waals surface area contributed by atoms with Crippen LogP contribution in [0.4, 0.5) is 11.8 Å². The van der Waals surface area contributed by atoms with Gasteiger partial charge in [-0.1, -0.05) is 5.92 Å². The van der Waals surface area contributed by atoms with E-state index in [0.717, 1.165) is 37.6 Å². The number of hydrogen-bond donors (Lipinski definition) is 4. The van der Waals surface area contributed by atoms with Gasteiger partial charge in [-0.2, -0.15) is 4.98 Å². The van der Waals surface area contributed by atoms with E-state index in [1.165, 1.54) is 10.9 Å². The summed E-state index contributed by atoms with van der Waals surface area (Å²) < 4.78 is 0. The number of nitrogens with two attached hydrogens (primary N) is 1. The summed E-state index contributed by atoms with van der Waals surface area (Å²) in [7, 11) is 0. The molecule has 4 rings (SSSR count). The highest BCUT2D eigenvalue weighted by Crippen LogP contribution is 2.27. The zero-order valence-electron chi connectivity index (χ0n) is 16.7. The van der Waals surface area contributed by atoms with Crippen LogP contribution in [-0.2, 0) is 11.2 Å². The standard InChI is InChI=1S/C22H25N7O/c1-2-14-11-27-22(25-10-7-16-12-26-19-13-24-9-8-18(16)19)29-21(14)28-17-5-3-15(4-6-17)20(23)30/h1,8-9,11-13,15,17,26H,3-7,10H2,(H2,23,30)(H2,25,27,28,29)/t15-,17+. The van der Waals surface area contributed by atoms with Gasteiger partial charge in [0.25, 0.3) is 0 Å². The van der Waals surface area contributed by atoms with Crippen molar-refractivity contribution in [3.8, 4) is 12.3 Å². The number of nitrogens with one attached hydrogen (secondary N) is 3. The number of primary amides is 1. The van der Waals surface area contributed by atoms with Gasteiger partial charge >= 0.3 is 0 Å². The van der Waals surface area contributed by atoms with Crippen molar-refractivity contribution >= 4 is 28.6 Å². The van der Waals surface area contributed by atoms with Crippen molar-refractivity contribution in [1.82, 2.24) is 19.9 Å². The summed E-state index contributed by atoms with van der Waals surface area (Å²) in [4.78, 5) is 27.6. The van der Waals surface area contributed by atoms with E-state index in [1.54, 1.807) is 12.4 Å². The Morgan fingerprint density at radius 2 is 2.13 bits per heavy atom. The van der Waals surface area contributed by atoms with Gasteiger partial charge in [0.15, 0.2) is 0 Å². The van der Waals surface area contributed by atoms with Gasteiger partial charge in [0.05, 0.1) is 23.5 Å². The molecule has 8 heteroatoms. The Labute approximate surface area is 175 Å². The first-order valence-corrected chi connectivity index (χ1v) is 10.2. The lowest BCUT2D eigenvalue weighted by Gasteiger charge is -2.28. The molecule has 3 heterocycles. The predicted octanol–water partition coefficient (Wildman–Crippen LogP) is 2.44. The van der Waals surface area contributed by atoms with Gasteiger partial charge in [-0.15, -0.1) is 6.42 Å². The van der Waals surface area contributed by atoms with Crippen LogP contribution < -0.4 is 16.4 Å². The molecule has 0 aromatic carbocycles. The van der Waals surface area contributed by atoms with Crippen molar-refractivity contribution in [3.63, 3.8) is 0 Å². The van der Waals surface area contributed by atoms with Gasteiger partial charge in [0.1, 0.15) is 5.82 Å². The normalized spacial score (nSPS) is 18.6. The number of carbonyl (C=O) groups is 1. The molecule has 5 N–H and O–H groups in total. The number of aromatic amines is 1. The van der Waals surface area contributed by atoms with Gasteiger partial charge in [-0.3, -0.25) is 9.78 Å². The van der Waals surface area contributed by atoms with Gasteiger partial charge < -0.3 is 21.4 Å². The lowest BCUT2D eigenvalue weighted by atomic mass is 9.85. The number of anilines is 2. The number of aromatic nitrogens is 4. The topological polar surface area (TPSA) is 122 Å². The van der Waals surface area contributed by atoms with Crippen LogP contribution in [0, 0.1) is 18.3 Å². The number of hydrogen-bond acceptors (Lipinski definition) is 6. The van der Waals surface area contributed by atoms with E-state index in [9.17, 15) is 4.79 Å². The fourth-order valence-electron chi connectivity index (χ4n) is 3.95. The molecule has 3 aromatic heterocycles. The maximum atomic E-state index is 11.4. The van der Waals surface area contributed by atoms with Crippen molar-refractivity contribution in [1.29, 1.82) is 0 Å². The molecule has 0 unspecified atom stereocenters. The van der Waals surface area contributed by atoms with Crippen LogP contribution in [0.5, 0.6) is 0 Å². The van der Waals surface area contributed by atoms with Gasteiger partial charge in [-0.25, -0.2) is 4.98 Å². The quantitative estimate of drug-likeness (QED) is 0.450. The minimum atomic E-state index is -0.210. The maximum Gasteiger partial charge on any atom is 0.224 e. The SMILES string of the molecule is C#Cc1cnc(NCCc2c[nH]c3cnccc23)nc1N[C@H]1CC[C@@H](C(N)=O)CC1. The van der Waals surface area contributed by atoms with E-state index < -0.39 is 0 Å². The second kappa shape index (κ2) is 8.82. The van der Waals surface area contributed by atoms with E-state index in [4.69, 9.17) is 12.2 Å². The third-order valence-corrected chi connectivity index (χ3v) is 5.66. The average Bonchev–Trinajstić information content (AvgIpc) is 3.17. The molecule has 1 fully saturated rings. The average molecular weight is 403 g/mol. The second-order valence-electron chi connectivity index (χ2n) is 7.61. The van der Waals surface area contributed by atoms with E-state index >= 15 is 0 Å². The molecule has 1 saturated carbocycles. The minimum absolute atomic E-state index is 0.0296. The number of carbonyl (C=O) groups excluding carboxylic acids is 1. The first kappa shape index (κ1) is 19.7.